The largest absolute Gasteiger partial charge is 0.397 e. The van der Waals surface area contributed by atoms with Crippen LogP contribution in [0, 0.1) is 0 Å². The lowest BCUT2D eigenvalue weighted by molar-refractivity contribution is 0.269. The third kappa shape index (κ3) is 4.48. The van der Waals surface area contributed by atoms with Crippen LogP contribution < -0.4 is 11.1 Å². The zero-order valence-corrected chi connectivity index (χ0v) is 9.03. The maximum absolute atomic E-state index is 10.6. The molecule has 1 amide bonds. The van der Waals surface area contributed by atoms with Gasteiger partial charge in [-0.25, -0.2) is 0 Å². The molecule has 0 spiro atoms. The Bertz CT molecular complexity index is 276. The van der Waals surface area contributed by atoms with E-state index in [1.807, 2.05) is 35.2 Å². The van der Waals surface area contributed by atoms with E-state index in [2.05, 4.69) is 5.32 Å². The molecular formula is C9H15N2OP. The van der Waals surface area contributed by atoms with E-state index < -0.39 is 0 Å². The van der Waals surface area contributed by atoms with Gasteiger partial charge in [-0.15, -0.1) is 0 Å². The number of carbonyl (C=O) groups excluding carboxylic acids is 1. The van der Waals surface area contributed by atoms with Crippen molar-refractivity contribution in [2.45, 2.75) is 13.8 Å². The number of nitrogens with two attached hydrogens (primary N) is 1. The lowest BCUT2D eigenvalue weighted by Crippen LogP contribution is -2.02. The van der Waals surface area contributed by atoms with Crippen LogP contribution in [0.3, 0.4) is 0 Å². The fraction of sp³-hybridized carbons (Fsp3) is 0.222. The quantitative estimate of drug-likeness (QED) is 0.538. The van der Waals surface area contributed by atoms with E-state index in [0.717, 1.165) is 0 Å². The van der Waals surface area contributed by atoms with E-state index in [1.54, 1.807) is 12.1 Å². The molecule has 0 aromatic heterocycles. The van der Waals surface area contributed by atoms with Crippen molar-refractivity contribution in [3.8, 4) is 0 Å². The summed E-state index contributed by atoms with van der Waals surface area (Å²) in [5.74, 6) is 0. The number of hydrogen-bond acceptors (Lipinski definition) is 2. The summed E-state index contributed by atoms with van der Waals surface area (Å²) in [5, 5.41) is 2.57. The fourth-order valence-corrected chi connectivity index (χ4v) is 0.899. The van der Waals surface area contributed by atoms with Crippen molar-refractivity contribution in [1.29, 1.82) is 0 Å². The fourth-order valence-electron chi connectivity index (χ4n) is 0.744. The van der Waals surface area contributed by atoms with E-state index in [1.165, 1.54) is 0 Å². The number of anilines is 2. The zero-order valence-electron chi connectivity index (χ0n) is 7.87. The van der Waals surface area contributed by atoms with Crippen molar-refractivity contribution < 1.29 is 4.79 Å². The lowest BCUT2D eigenvalue weighted by atomic mass is 10.3. The number of hydrogen-bond donors (Lipinski definition) is 2. The molecule has 0 bridgehead atoms. The maximum atomic E-state index is 10.6. The Kier molecular flexibility index (Phi) is 5.90. The summed E-state index contributed by atoms with van der Waals surface area (Å²) in [5.41, 5.74) is 6.57. The van der Waals surface area contributed by atoms with Crippen LogP contribution >= 0.6 is 9.24 Å². The number of benzene rings is 1. The van der Waals surface area contributed by atoms with Crippen molar-refractivity contribution in [3.05, 3.63) is 24.3 Å². The Morgan fingerprint density at radius 3 is 2.38 bits per heavy atom. The minimum Gasteiger partial charge on any atom is -0.397 e. The molecule has 0 aliphatic rings. The van der Waals surface area contributed by atoms with Crippen LogP contribution in [0.1, 0.15) is 13.8 Å². The predicted octanol–water partition coefficient (Wildman–Crippen LogP) is 2.70. The van der Waals surface area contributed by atoms with Crippen molar-refractivity contribution in [2.75, 3.05) is 11.1 Å². The van der Waals surface area contributed by atoms with Gasteiger partial charge in [0.05, 0.1) is 11.4 Å². The molecule has 1 aromatic rings. The van der Waals surface area contributed by atoms with Crippen molar-refractivity contribution in [3.63, 3.8) is 0 Å². The molecule has 3 nitrogen and oxygen atoms in total. The van der Waals surface area contributed by atoms with Crippen LogP contribution in [0.25, 0.3) is 0 Å². The molecule has 13 heavy (non-hydrogen) atoms. The molecule has 1 atom stereocenters. The van der Waals surface area contributed by atoms with Gasteiger partial charge in [-0.05, 0) is 21.4 Å². The highest BCUT2D eigenvalue weighted by molar-refractivity contribution is 7.40. The number of para-hydroxylation sites is 2. The molecule has 4 heteroatoms. The second-order valence-corrected chi connectivity index (χ2v) is 2.60. The minimum absolute atomic E-state index is 0.192. The van der Waals surface area contributed by atoms with Crippen LogP contribution in [0.2, 0.25) is 0 Å². The first-order chi connectivity index (χ1) is 6.20. The molecular weight excluding hydrogens is 183 g/mol. The molecule has 3 N–H and O–H groups in total. The topological polar surface area (TPSA) is 55.1 Å². The molecule has 0 aliphatic carbocycles. The van der Waals surface area contributed by atoms with Gasteiger partial charge in [-0.1, -0.05) is 26.0 Å². The van der Waals surface area contributed by atoms with Crippen molar-refractivity contribution in [1.82, 2.24) is 0 Å². The molecule has 1 unspecified atom stereocenters. The molecule has 0 radical (unpaired) electrons. The summed E-state index contributed by atoms with van der Waals surface area (Å²) in [7, 11) is 2.02. The molecule has 1 rings (SSSR count). The number of carbonyl (C=O) groups is 1. The predicted molar refractivity (Wildman–Crippen MR) is 60.9 cm³/mol. The minimum atomic E-state index is -0.192. The first-order valence-corrected chi connectivity index (χ1v) is 4.69. The van der Waals surface area contributed by atoms with E-state index in [4.69, 9.17) is 5.73 Å². The second-order valence-electron chi connectivity index (χ2n) is 2.08. The highest BCUT2D eigenvalue weighted by atomic mass is 31.0. The summed E-state index contributed by atoms with van der Waals surface area (Å²) in [4.78, 5) is 10.6. The standard InChI is InChI=1S/C7H9N2OP.C2H6/c8-5-3-1-2-4-6(5)9-7(10)11;1-2/h1-4H,8,11H2,(H,9,10);1-2H3. The molecule has 72 valence electrons. The van der Waals surface area contributed by atoms with E-state index in [-0.39, 0.29) is 5.65 Å². The van der Waals surface area contributed by atoms with Gasteiger partial charge in [-0.3, -0.25) is 4.79 Å². The Morgan fingerprint density at radius 2 is 1.92 bits per heavy atom. The average molecular weight is 198 g/mol. The van der Waals surface area contributed by atoms with Crippen LogP contribution in [-0.4, -0.2) is 5.65 Å². The number of nitrogens with one attached hydrogen (secondary N) is 1. The monoisotopic (exact) mass is 198 g/mol. The second kappa shape index (κ2) is 6.44. The van der Waals surface area contributed by atoms with Gasteiger partial charge >= 0.3 is 0 Å². The maximum Gasteiger partial charge on any atom is 0.239 e. The number of rotatable bonds is 1. The first kappa shape index (κ1) is 11.9. The third-order valence-electron chi connectivity index (χ3n) is 1.22. The first-order valence-electron chi connectivity index (χ1n) is 4.11. The van der Waals surface area contributed by atoms with Crippen LogP contribution in [-0.2, 0) is 0 Å². The summed E-state index contributed by atoms with van der Waals surface area (Å²) in [6.07, 6.45) is 0. The van der Waals surface area contributed by atoms with Crippen LogP contribution in [0.5, 0.6) is 0 Å². The molecule has 0 aliphatic heterocycles. The van der Waals surface area contributed by atoms with Gasteiger partial charge in [-0.2, -0.15) is 0 Å². The van der Waals surface area contributed by atoms with Gasteiger partial charge in [0.1, 0.15) is 0 Å². The van der Waals surface area contributed by atoms with Crippen molar-refractivity contribution in [2.24, 2.45) is 0 Å². The Balaban J connectivity index is 0.000000671. The molecule has 1 aromatic carbocycles. The highest BCUT2D eigenvalue weighted by Crippen LogP contribution is 2.17. The summed E-state index contributed by atoms with van der Waals surface area (Å²) in [6.45, 7) is 4.00. The van der Waals surface area contributed by atoms with Crippen molar-refractivity contribution >= 4 is 26.3 Å². The Hall–Kier alpha value is -1.08. The van der Waals surface area contributed by atoms with Crippen LogP contribution in [0.15, 0.2) is 24.3 Å². The van der Waals surface area contributed by atoms with Crippen LogP contribution in [0.4, 0.5) is 16.2 Å². The van der Waals surface area contributed by atoms with E-state index >= 15 is 0 Å². The molecule has 0 heterocycles. The summed E-state index contributed by atoms with van der Waals surface area (Å²) < 4.78 is 0. The summed E-state index contributed by atoms with van der Waals surface area (Å²) >= 11 is 0. The van der Waals surface area contributed by atoms with Gasteiger partial charge in [0, 0.05) is 0 Å². The van der Waals surface area contributed by atoms with E-state index in [0.29, 0.717) is 11.4 Å². The SMILES string of the molecule is CC.Nc1ccccc1NC(=O)P. The average Bonchev–Trinajstić information content (AvgIpc) is 2.12. The van der Waals surface area contributed by atoms with Gasteiger partial charge < -0.3 is 11.1 Å². The zero-order chi connectivity index (χ0) is 10.3. The van der Waals surface area contributed by atoms with Gasteiger partial charge in [0.25, 0.3) is 0 Å². The number of amides is 1. The van der Waals surface area contributed by atoms with Gasteiger partial charge in [0.2, 0.25) is 5.65 Å². The molecule has 0 fully saturated rings. The molecule has 0 saturated heterocycles. The number of nitrogen functional groups attached to an aromatic ring is 1. The molecule has 0 saturated carbocycles. The normalized spacial score (nSPS) is 8.23. The third-order valence-corrected chi connectivity index (χ3v) is 1.36. The smallest absolute Gasteiger partial charge is 0.239 e. The Morgan fingerprint density at radius 1 is 1.38 bits per heavy atom. The summed E-state index contributed by atoms with van der Waals surface area (Å²) in [6, 6.07) is 7.10. The lowest BCUT2D eigenvalue weighted by Gasteiger charge is -2.03. The highest BCUT2D eigenvalue weighted by Gasteiger charge is 1.97. The van der Waals surface area contributed by atoms with Gasteiger partial charge in [0.15, 0.2) is 0 Å². The Labute approximate surface area is 80.9 Å². The van der Waals surface area contributed by atoms with E-state index in [9.17, 15) is 4.79 Å².